The van der Waals surface area contributed by atoms with E-state index in [1.165, 1.54) is 23.9 Å². The zero-order valence-corrected chi connectivity index (χ0v) is 15.8. The Balaban J connectivity index is 1.87. The monoisotopic (exact) mass is 385 g/mol. The van der Waals surface area contributed by atoms with E-state index in [-0.39, 0.29) is 11.3 Å². The van der Waals surface area contributed by atoms with E-state index in [0.717, 1.165) is 22.3 Å². The molecule has 0 saturated carbocycles. The van der Waals surface area contributed by atoms with E-state index in [9.17, 15) is 14.9 Å². The van der Waals surface area contributed by atoms with E-state index in [1.807, 2.05) is 30.7 Å². The van der Waals surface area contributed by atoms with Crippen LogP contribution in [0.2, 0.25) is 0 Å². The fourth-order valence-electron chi connectivity index (χ4n) is 2.84. The second-order valence-electron chi connectivity index (χ2n) is 5.87. The molecule has 3 rings (SSSR count). The van der Waals surface area contributed by atoms with Crippen LogP contribution in [0.5, 0.6) is 0 Å². The van der Waals surface area contributed by atoms with Gasteiger partial charge in [0.25, 0.3) is 11.6 Å². The maximum Gasteiger partial charge on any atom is 0.282 e. The van der Waals surface area contributed by atoms with Crippen LogP contribution < -0.4 is 5.32 Å². The van der Waals surface area contributed by atoms with Crippen molar-refractivity contribution in [3.8, 4) is 0 Å². The summed E-state index contributed by atoms with van der Waals surface area (Å²) in [5.41, 5.74) is 1.45. The highest BCUT2D eigenvalue weighted by Crippen LogP contribution is 2.26. The fraction of sp³-hybridized carbons (Fsp3) is 0.211. The van der Waals surface area contributed by atoms with Crippen LogP contribution in [0.3, 0.4) is 0 Å². The van der Waals surface area contributed by atoms with Crippen LogP contribution in [-0.4, -0.2) is 35.4 Å². The molecule has 1 heterocycles. The molecule has 1 amide bonds. The summed E-state index contributed by atoms with van der Waals surface area (Å²) in [5.74, 6) is -0.504. The first-order valence-electron chi connectivity index (χ1n) is 8.25. The van der Waals surface area contributed by atoms with Crippen molar-refractivity contribution < 1.29 is 14.5 Å². The van der Waals surface area contributed by atoms with Crippen LogP contribution in [0.1, 0.15) is 10.4 Å². The Bertz CT molecular complexity index is 1000. The zero-order valence-electron chi connectivity index (χ0n) is 15.0. The molecule has 0 unspecified atom stereocenters. The highest BCUT2D eigenvalue weighted by Gasteiger charge is 2.21. The van der Waals surface area contributed by atoms with Crippen LogP contribution in [-0.2, 0) is 11.3 Å². The average Bonchev–Trinajstić information content (AvgIpc) is 3.07. The molecular formula is C19H19N3O4S. The molecule has 0 aliphatic rings. The van der Waals surface area contributed by atoms with E-state index in [2.05, 4.69) is 9.88 Å². The van der Waals surface area contributed by atoms with Crippen molar-refractivity contribution in [3.63, 3.8) is 0 Å². The van der Waals surface area contributed by atoms with Gasteiger partial charge in [-0.2, -0.15) is 0 Å². The van der Waals surface area contributed by atoms with E-state index in [4.69, 9.17) is 4.74 Å². The first-order valence-corrected chi connectivity index (χ1v) is 9.47. The summed E-state index contributed by atoms with van der Waals surface area (Å²) in [7, 11) is 1.66. The van der Waals surface area contributed by atoms with Gasteiger partial charge in [0, 0.05) is 47.4 Å². The lowest BCUT2D eigenvalue weighted by atomic mass is 10.1. The molecule has 0 spiro atoms. The number of hydrogen-bond donors (Lipinski definition) is 1. The molecule has 0 atom stereocenters. The molecule has 0 radical (unpaired) electrons. The molecule has 0 saturated heterocycles. The molecule has 8 heteroatoms. The number of hydrogen-bond acceptors (Lipinski definition) is 5. The van der Waals surface area contributed by atoms with Crippen LogP contribution >= 0.6 is 11.8 Å². The lowest BCUT2D eigenvalue weighted by molar-refractivity contribution is -0.385. The van der Waals surface area contributed by atoms with Crippen LogP contribution in [0.15, 0.2) is 53.6 Å². The number of anilines is 1. The lowest BCUT2D eigenvalue weighted by Gasteiger charge is -2.08. The topological polar surface area (TPSA) is 86.4 Å². The van der Waals surface area contributed by atoms with Gasteiger partial charge < -0.3 is 14.6 Å². The number of ether oxygens (including phenoxy) is 1. The number of nitro benzene ring substituents is 1. The molecule has 0 aliphatic carbocycles. The Kier molecular flexibility index (Phi) is 5.78. The van der Waals surface area contributed by atoms with Crippen molar-refractivity contribution in [2.45, 2.75) is 11.4 Å². The summed E-state index contributed by atoms with van der Waals surface area (Å²) in [5, 5.41) is 15.0. The SMILES string of the molecule is COCCn1ccc2cc(NC(=O)c3cc(SC)ccc3[N+](=O)[O-])ccc21. The van der Waals surface area contributed by atoms with Crippen LogP contribution in [0.25, 0.3) is 10.9 Å². The van der Waals surface area contributed by atoms with Crippen LogP contribution in [0, 0.1) is 10.1 Å². The predicted octanol–water partition coefficient (Wildman–Crippen LogP) is 4.17. The molecule has 27 heavy (non-hydrogen) atoms. The second-order valence-corrected chi connectivity index (χ2v) is 6.75. The van der Waals surface area contributed by atoms with E-state index in [1.54, 1.807) is 19.2 Å². The van der Waals surface area contributed by atoms with Crippen LogP contribution in [0.4, 0.5) is 11.4 Å². The second kappa shape index (κ2) is 8.24. The van der Waals surface area contributed by atoms with Gasteiger partial charge in [0.15, 0.2) is 0 Å². The summed E-state index contributed by atoms with van der Waals surface area (Å²) < 4.78 is 7.17. The summed E-state index contributed by atoms with van der Waals surface area (Å²) >= 11 is 1.42. The fourth-order valence-corrected chi connectivity index (χ4v) is 3.28. The third kappa shape index (κ3) is 4.12. The van der Waals surface area contributed by atoms with Gasteiger partial charge in [-0.25, -0.2) is 0 Å². The Morgan fingerprint density at radius 2 is 2.07 bits per heavy atom. The highest BCUT2D eigenvalue weighted by molar-refractivity contribution is 7.98. The Hall–Kier alpha value is -2.84. The quantitative estimate of drug-likeness (QED) is 0.375. The third-order valence-electron chi connectivity index (χ3n) is 4.21. The zero-order chi connectivity index (χ0) is 19.4. The van der Waals surface area contributed by atoms with Gasteiger partial charge in [-0.3, -0.25) is 14.9 Å². The number of thioether (sulfide) groups is 1. The summed E-state index contributed by atoms with van der Waals surface area (Å²) in [4.78, 5) is 24.1. The van der Waals surface area contributed by atoms with Crippen molar-refractivity contribution in [3.05, 3.63) is 64.3 Å². The van der Waals surface area contributed by atoms with Gasteiger partial charge in [0.05, 0.1) is 11.5 Å². The summed E-state index contributed by atoms with van der Waals surface area (Å²) in [6.45, 7) is 1.34. The van der Waals surface area contributed by atoms with Crippen molar-refractivity contribution in [1.29, 1.82) is 0 Å². The first-order chi connectivity index (χ1) is 13.0. The largest absolute Gasteiger partial charge is 0.383 e. The van der Waals surface area contributed by atoms with Gasteiger partial charge in [-0.1, -0.05) is 0 Å². The minimum absolute atomic E-state index is 0.0459. The average molecular weight is 385 g/mol. The molecule has 140 valence electrons. The Morgan fingerprint density at radius 3 is 2.78 bits per heavy atom. The van der Waals surface area contributed by atoms with E-state index in [0.29, 0.717) is 12.3 Å². The number of methoxy groups -OCH3 is 1. The van der Waals surface area contributed by atoms with Crippen molar-refractivity contribution in [1.82, 2.24) is 4.57 Å². The molecule has 0 aliphatic heterocycles. The van der Waals surface area contributed by atoms with Crippen molar-refractivity contribution in [2.24, 2.45) is 0 Å². The number of aromatic nitrogens is 1. The minimum atomic E-state index is -0.544. The van der Waals surface area contributed by atoms with Gasteiger partial charge >= 0.3 is 0 Å². The predicted molar refractivity (Wildman–Crippen MR) is 107 cm³/mol. The van der Waals surface area contributed by atoms with Gasteiger partial charge in [-0.05, 0) is 42.7 Å². The van der Waals surface area contributed by atoms with Gasteiger partial charge in [-0.15, -0.1) is 11.8 Å². The third-order valence-corrected chi connectivity index (χ3v) is 4.94. The van der Waals surface area contributed by atoms with E-state index < -0.39 is 10.8 Å². The molecule has 7 nitrogen and oxygen atoms in total. The van der Waals surface area contributed by atoms with Gasteiger partial charge in [0.1, 0.15) is 5.56 Å². The number of amides is 1. The normalized spacial score (nSPS) is 10.9. The van der Waals surface area contributed by atoms with E-state index >= 15 is 0 Å². The summed E-state index contributed by atoms with van der Waals surface area (Å²) in [6.07, 6.45) is 3.81. The molecule has 0 fully saturated rings. The van der Waals surface area contributed by atoms with Crippen molar-refractivity contribution >= 4 is 39.9 Å². The Morgan fingerprint density at radius 1 is 1.26 bits per heavy atom. The maximum atomic E-state index is 12.6. The molecule has 1 aromatic heterocycles. The number of carbonyl (C=O) groups is 1. The standard InChI is InChI=1S/C19H19N3O4S/c1-26-10-9-21-8-7-13-11-14(3-5-17(13)21)20-19(23)16-12-15(27-2)4-6-18(16)22(24)25/h3-8,11-12H,9-10H2,1-2H3,(H,20,23). The number of nitrogens with one attached hydrogen (secondary N) is 1. The summed E-state index contributed by atoms with van der Waals surface area (Å²) in [6, 6.07) is 12.0. The maximum absolute atomic E-state index is 12.6. The first kappa shape index (κ1) is 18.9. The smallest absolute Gasteiger partial charge is 0.282 e. The molecule has 1 N–H and O–H groups in total. The molecule has 3 aromatic rings. The molecule has 0 bridgehead atoms. The Labute approximate surface area is 160 Å². The highest BCUT2D eigenvalue weighted by atomic mass is 32.2. The number of rotatable bonds is 7. The molecule has 2 aromatic carbocycles. The number of nitro groups is 1. The number of carbonyl (C=O) groups excluding carboxylic acids is 1. The number of benzene rings is 2. The number of fused-ring (bicyclic) bond motifs is 1. The van der Waals surface area contributed by atoms with Crippen molar-refractivity contribution in [2.75, 3.05) is 25.3 Å². The number of nitrogens with zero attached hydrogens (tertiary/aromatic N) is 2. The molecular weight excluding hydrogens is 366 g/mol. The van der Waals surface area contributed by atoms with Gasteiger partial charge in [0.2, 0.25) is 0 Å². The lowest BCUT2D eigenvalue weighted by Crippen LogP contribution is -2.14. The minimum Gasteiger partial charge on any atom is -0.383 e.